The number of ether oxygens (including phenoxy) is 2. The number of hydrogen-bond donors (Lipinski definition) is 0. The molecular weight excluding hydrogens is 764 g/mol. The van der Waals surface area contributed by atoms with Crippen molar-refractivity contribution in [1.82, 2.24) is 0 Å². The average molecular weight is 808 g/mol. The third kappa shape index (κ3) is 15.4. The van der Waals surface area contributed by atoms with Gasteiger partial charge in [0.2, 0.25) is 0 Å². The average Bonchev–Trinajstić information content (AvgIpc) is 3.06. The largest absolute Gasteiger partial charge is 0.780 e. The van der Waals surface area contributed by atoms with E-state index >= 15 is 0 Å². The summed E-state index contributed by atoms with van der Waals surface area (Å²) in [4.78, 5) is 3.56. The third-order valence-electron chi connectivity index (χ3n) is 6.94. The Morgan fingerprint density at radius 3 is 1.22 bits per heavy atom. The van der Waals surface area contributed by atoms with Crippen LogP contribution in [0, 0.1) is 25.7 Å². The summed E-state index contributed by atoms with van der Waals surface area (Å²) >= 11 is 25.5. The SMILES string of the molecule is Cc1ccc(OCCC(C)C)c(/C([S-])=C(/[S-])Sc2ccccc2)c1.Cc1ccc(OCCC(C)C)c(/C([S-])=C(/[S-])Sc2ccccc2)c1.[Ni]. The van der Waals surface area contributed by atoms with E-state index in [9.17, 15) is 0 Å². The maximum absolute atomic E-state index is 5.97. The van der Waals surface area contributed by atoms with Crippen LogP contribution in [0.1, 0.15) is 62.8 Å². The molecule has 2 nitrogen and oxygen atoms in total. The molecule has 0 amide bonds. The minimum absolute atomic E-state index is 0. The van der Waals surface area contributed by atoms with Gasteiger partial charge in [0.15, 0.2) is 0 Å². The first kappa shape index (κ1) is 43.2. The Hall–Kier alpha value is -1.97. The standard InChI is InChI=1S/2C20H24OS3.Ni/c2*1-14(2)11-12-21-18-10-9-15(3)13-17(18)19(22)20(23)24-16-7-5-4-6-8-16;/h2*4-10,13-14,22-23H,11-12H2,1-3H3;/p-4/b2*20-19+;. The summed E-state index contributed by atoms with van der Waals surface area (Å²) < 4.78 is 13.3. The van der Waals surface area contributed by atoms with Crippen LogP contribution in [0.2, 0.25) is 0 Å². The Labute approximate surface area is 335 Å². The second-order valence-corrected chi connectivity index (χ2v) is 16.4. The zero-order valence-electron chi connectivity index (χ0n) is 28.8. The quantitative estimate of drug-likeness (QED) is 0.0703. The predicted molar refractivity (Wildman–Crippen MR) is 220 cm³/mol. The summed E-state index contributed by atoms with van der Waals surface area (Å²) in [5.41, 5.74) is 4.14. The molecular formula is C40H44NiO2S6-4. The zero-order chi connectivity index (χ0) is 35.1. The Bertz CT molecular complexity index is 1520. The molecule has 4 aromatic rings. The van der Waals surface area contributed by atoms with Gasteiger partial charge in [-0.3, -0.25) is 0 Å². The van der Waals surface area contributed by atoms with Crippen molar-refractivity contribution in [1.29, 1.82) is 0 Å². The second-order valence-electron chi connectivity index (χ2n) is 12.1. The summed E-state index contributed by atoms with van der Waals surface area (Å²) in [6.45, 7) is 14.2. The molecule has 9 heteroatoms. The molecule has 4 rings (SSSR count). The molecule has 0 aromatic heterocycles. The van der Waals surface area contributed by atoms with Crippen molar-refractivity contribution in [3.8, 4) is 11.5 Å². The fraction of sp³-hybridized carbons (Fsp3) is 0.300. The minimum atomic E-state index is 0. The Morgan fingerprint density at radius 1 is 0.551 bits per heavy atom. The number of aryl methyl sites for hydroxylation is 2. The van der Waals surface area contributed by atoms with Crippen molar-refractivity contribution >= 4 is 83.8 Å². The van der Waals surface area contributed by atoms with E-state index in [0.29, 0.717) is 43.3 Å². The van der Waals surface area contributed by atoms with Gasteiger partial charge >= 0.3 is 0 Å². The fourth-order valence-corrected chi connectivity index (χ4v) is 6.99. The monoisotopic (exact) mass is 806 g/mol. The van der Waals surface area contributed by atoms with Gasteiger partial charge in [-0.15, -0.1) is 23.5 Å². The first-order chi connectivity index (χ1) is 22.9. The smallest absolute Gasteiger partial charge is 0.124 e. The van der Waals surface area contributed by atoms with E-state index in [-0.39, 0.29) is 16.5 Å². The summed E-state index contributed by atoms with van der Waals surface area (Å²) in [7, 11) is 0. The van der Waals surface area contributed by atoms with E-state index in [1.54, 1.807) is 0 Å². The van der Waals surface area contributed by atoms with Crippen molar-refractivity contribution in [2.24, 2.45) is 11.8 Å². The van der Waals surface area contributed by atoms with Crippen LogP contribution in [0.3, 0.4) is 0 Å². The summed E-state index contributed by atoms with van der Waals surface area (Å²) in [6.07, 6.45) is 2.03. The van der Waals surface area contributed by atoms with E-state index in [1.165, 1.54) is 23.5 Å². The van der Waals surface area contributed by atoms with Gasteiger partial charge in [0.05, 0.1) is 13.2 Å². The van der Waals surface area contributed by atoms with Gasteiger partial charge in [-0.1, -0.05) is 87.4 Å². The van der Waals surface area contributed by atoms with Gasteiger partial charge < -0.3 is 60.0 Å². The van der Waals surface area contributed by atoms with Crippen LogP contribution in [-0.2, 0) is 67.0 Å². The molecule has 0 radical (unpaired) electrons. The maximum atomic E-state index is 5.97. The molecule has 0 heterocycles. The molecule has 0 spiro atoms. The van der Waals surface area contributed by atoms with Crippen LogP contribution in [0.4, 0.5) is 0 Å². The van der Waals surface area contributed by atoms with Crippen LogP contribution < -0.4 is 9.47 Å². The van der Waals surface area contributed by atoms with Gasteiger partial charge in [0.25, 0.3) is 0 Å². The van der Waals surface area contributed by atoms with Gasteiger partial charge in [0, 0.05) is 26.3 Å². The normalized spacial score (nSPS) is 11.9. The molecule has 49 heavy (non-hydrogen) atoms. The van der Waals surface area contributed by atoms with Crippen LogP contribution in [0.15, 0.2) is 115 Å². The first-order valence-corrected chi connectivity index (χ1v) is 19.3. The molecule has 0 saturated heterocycles. The van der Waals surface area contributed by atoms with E-state index in [4.69, 9.17) is 60.0 Å². The molecule has 0 fully saturated rings. The van der Waals surface area contributed by atoms with Crippen molar-refractivity contribution in [3.05, 3.63) is 128 Å². The van der Waals surface area contributed by atoms with Crippen LogP contribution >= 0.6 is 23.5 Å². The molecule has 0 saturated carbocycles. The number of thioether (sulfide) groups is 2. The third-order valence-corrected chi connectivity index (χ3v) is 11.0. The number of benzene rings is 4. The first-order valence-electron chi connectivity index (χ1n) is 16.0. The molecule has 0 N–H and O–H groups in total. The van der Waals surface area contributed by atoms with Gasteiger partial charge in [0.1, 0.15) is 11.5 Å². The van der Waals surface area contributed by atoms with Crippen molar-refractivity contribution < 1.29 is 26.0 Å². The molecule has 0 atom stereocenters. The van der Waals surface area contributed by atoms with E-state index < -0.39 is 0 Å². The molecule has 266 valence electrons. The number of hydrogen-bond acceptors (Lipinski definition) is 8. The molecule has 0 aliphatic heterocycles. The van der Waals surface area contributed by atoms with Crippen molar-refractivity contribution in [2.75, 3.05) is 13.2 Å². The molecule has 0 bridgehead atoms. The Kier molecular flexibility index (Phi) is 20.1. The molecule has 0 unspecified atom stereocenters. The van der Waals surface area contributed by atoms with Gasteiger partial charge in [-0.25, -0.2) is 0 Å². The topological polar surface area (TPSA) is 18.5 Å². The fourth-order valence-electron chi connectivity index (χ4n) is 4.21. The zero-order valence-corrected chi connectivity index (χ0v) is 34.7. The summed E-state index contributed by atoms with van der Waals surface area (Å²) in [5.74, 6) is 2.87. The van der Waals surface area contributed by atoms with E-state index in [1.807, 2.05) is 84.9 Å². The molecule has 0 aliphatic carbocycles. The summed E-state index contributed by atoms with van der Waals surface area (Å²) in [6, 6.07) is 32.3. The minimum Gasteiger partial charge on any atom is -0.780 e. The van der Waals surface area contributed by atoms with Crippen LogP contribution in [-0.4, -0.2) is 13.2 Å². The Balaban J connectivity index is 0.000000333. The van der Waals surface area contributed by atoms with Crippen LogP contribution in [0.5, 0.6) is 11.5 Å². The van der Waals surface area contributed by atoms with E-state index in [0.717, 1.165) is 56.4 Å². The number of rotatable bonds is 14. The van der Waals surface area contributed by atoms with Crippen molar-refractivity contribution in [2.45, 2.75) is 64.2 Å². The van der Waals surface area contributed by atoms with Crippen LogP contribution in [0.25, 0.3) is 9.81 Å². The maximum Gasteiger partial charge on any atom is 0.124 e. The summed E-state index contributed by atoms with van der Waals surface area (Å²) in [5, 5.41) is 0. The Morgan fingerprint density at radius 2 is 0.898 bits per heavy atom. The second kappa shape index (κ2) is 22.8. The predicted octanol–water partition coefficient (Wildman–Crippen LogP) is 11.9. The van der Waals surface area contributed by atoms with Gasteiger partial charge in [-0.2, -0.15) is 18.3 Å². The van der Waals surface area contributed by atoms with Gasteiger partial charge in [-0.05, 0) is 98.2 Å². The molecule has 4 aromatic carbocycles. The van der Waals surface area contributed by atoms with E-state index in [2.05, 4.69) is 53.7 Å². The molecule has 0 aliphatic rings. The van der Waals surface area contributed by atoms with Crippen molar-refractivity contribution in [3.63, 3.8) is 0 Å².